The number of nitrogens with zero attached hydrogens (tertiary/aromatic N) is 3. The molecule has 0 aliphatic rings. The largest absolute Gasteiger partial charge is 0.339 e. The van der Waals surface area contributed by atoms with E-state index >= 15 is 0 Å². The molecule has 2 rings (SSSR count). The standard InChI is InChI=1S/C22H30N4O5S/c1-6-25(7-2)21(28)17-14-19(22(29)24(5)15-17)23-20(27)16-10-12-18(13-11-16)32(30,31)26(8-3)9-4/h10-15H,6-9H2,1-5H3,(H,23,27). The Balaban J connectivity index is 2.31. The molecule has 0 aliphatic heterocycles. The summed E-state index contributed by atoms with van der Waals surface area (Å²) in [5, 5.41) is 2.54. The second-order valence-electron chi connectivity index (χ2n) is 7.10. The van der Waals surface area contributed by atoms with Gasteiger partial charge in [0, 0.05) is 45.0 Å². The normalized spacial score (nSPS) is 11.4. The van der Waals surface area contributed by atoms with Crippen LogP contribution in [-0.4, -0.2) is 60.2 Å². The molecule has 2 aromatic rings. The van der Waals surface area contributed by atoms with Crippen molar-refractivity contribution in [2.24, 2.45) is 7.05 Å². The summed E-state index contributed by atoms with van der Waals surface area (Å²) in [6.07, 6.45) is 1.44. The molecule has 0 radical (unpaired) electrons. The Morgan fingerprint density at radius 3 is 2.00 bits per heavy atom. The van der Waals surface area contributed by atoms with E-state index in [2.05, 4.69) is 5.32 Å². The predicted octanol–water partition coefficient (Wildman–Crippen LogP) is 2.15. The van der Waals surface area contributed by atoms with E-state index in [0.29, 0.717) is 26.2 Å². The van der Waals surface area contributed by atoms with Gasteiger partial charge in [-0.1, -0.05) is 13.8 Å². The Kier molecular flexibility index (Phi) is 8.34. The number of hydrogen-bond acceptors (Lipinski definition) is 5. The number of aromatic nitrogens is 1. The molecule has 0 bridgehead atoms. The van der Waals surface area contributed by atoms with E-state index in [1.165, 1.54) is 52.4 Å². The third-order valence-electron chi connectivity index (χ3n) is 5.19. The lowest BCUT2D eigenvalue weighted by atomic mass is 10.2. The fourth-order valence-electron chi connectivity index (χ4n) is 3.30. The van der Waals surface area contributed by atoms with Gasteiger partial charge in [0.1, 0.15) is 5.69 Å². The highest BCUT2D eigenvalue weighted by Gasteiger charge is 2.22. The second kappa shape index (κ2) is 10.6. The number of sulfonamides is 1. The van der Waals surface area contributed by atoms with Gasteiger partial charge in [-0.3, -0.25) is 14.4 Å². The van der Waals surface area contributed by atoms with E-state index < -0.39 is 21.5 Å². The smallest absolute Gasteiger partial charge is 0.274 e. The third kappa shape index (κ3) is 5.25. The molecular weight excluding hydrogens is 432 g/mol. The van der Waals surface area contributed by atoms with Crippen molar-refractivity contribution in [1.29, 1.82) is 0 Å². The van der Waals surface area contributed by atoms with Gasteiger partial charge >= 0.3 is 0 Å². The number of nitrogens with one attached hydrogen (secondary N) is 1. The highest BCUT2D eigenvalue weighted by molar-refractivity contribution is 7.89. The highest BCUT2D eigenvalue weighted by atomic mass is 32.2. The van der Waals surface area contributed by atoms with Crippen molar-refractivity contribution in [2.75, 3.05) is 31.5 Å². The van der Waals surface area contributed by atoms with Crippen LogP contribution in [-0.2, 0) is 17.1 Å². The van der Waals surface area contributed by atoms with Crippen LogP contribution in [0, 0.1) is 0 Å². The molecule has 1 N–H and O–H groups in total. The van der Waals surface area contributed by atoms with Crippen LogP contribution in [0.15, 0.2) is 46.2 Å². The lowest BCUT2D eigenvalue weighted by Crippen LogP contribution is -2.32. The number of amides is 2. The Morgan fingerprint density at radius 1 is 0.938 bits per heavy atom. The molecule has 0 saturated carbocycles. The van der Waals surface area contributed by atoms with E-state index in [1.807, 2.05) is 13.8 Å². The summed E-state index contributed by atoms with van der Waals surface area (Å²) in [4.78, 5) is 39.5. The van der Waals surface area contributed by atoms with Crippen LogP contribution in [0.4, 0.5) is 5.69 Å². The molecule has 1 heterocycles. The van der Waals surface area contributed by atoms with Crippen molar-refractivity contribution in [3.05, 3.63) is 58.0 Å². The first-order valence-electron chi connectivity index (χ1n) is 10.5. The van der Waals surface area contributed by atoms with Crippen LogP contribution in [0.25, 0.3) is 0 Å². The molecule has 10 heteroatoms. The Bertz CT molecular complexity index is 1130. The highest BCUT2D eigenvalue weighted by Crippen LogP contribution is 2.17. The molecule has 0 spiro atoms. The molecule has 0 saturated heterocycles. The minimum atomic E-state index is -3.64. The number of anilines is 1. The van der Waals surface area contributed by atoms with Crippen molar-refractivity contribution in [1.82, 2.24) is 13.8 Å². The first-order valence-corrected chi connectivity index (χ1v) is 12.0. The van der Waals surface area contributed by atoms with E-state index in [9.17, 15) is 22.8 Å². The maximum atomic E-state index is 12.7. The molecule has 9 nitrogen and oxygen atoms in total. The van der Waals surface area contributed by atoms with Gasteiger partial charge in [0.15, 0.2) is 0 Å². The van der Waals surface area contributed by atoms with Crippen LogP contribution < -0.4 is 10.9 Å². The fraction of sp³-hybridized carbons (Fsp3) is 0.409. The van der Waals surface area contributed by atoms with Crippen molar-refractivity contribution in [2.45, 2.75) is 32.6 Å². The zero-order valence-electron chi connectivity index (χ0n) is 19.1. The average Bonchev–Trinajstić information content (AvgIpc) is 2.78. The fourth-order valence-corrected chi connectivity index (χ4v) is 4.76. The lowest BCUT2D eigenvalue weighted by Gasteiger charge is -2.19. The SMILES string of the molecule is CCN(CC)C(=O)c1cc(NC(=O)c2ccc(S(=O)(=O)N(CC)CC)cc2)c(=O)n(C)c1. The van der Waals surface area contributed by atoms with Gasteiger partial charge in [0.25, 0.3) is 17.4 Å². The topological polar surface area (TPSA) is 109 Å². The summed E-state index contributed by atoms with van der Waals surface area (Å²) in [5.74, 6) is -0.826. The van der Waals surface area contributed by atoms with Crippen LogP contribution >= 0.6 is 0 Å². The molecular formula is C22H30N4O5S. The van der Waals surface area contributed by atoms with E-state index in [4.69, 9.17) is 0 Å². The quantitative estimate of drug-likeness (QED) is 0.614. The Hall–Kier alpha value is -2.98. The van der Waals surface area contributed by atoms with Gasteiger partial charge in [-0.05, 0) is 44.2 Å². The second-order valence-corrected chi connectivity index (χ2v) is 9.04. The van der Waals surface area contributed by atoms with Crippen LogP contribution in [0.3, 0.4) is 0 Å². The van der Waals surface area contributed by atoms with E-state index in [0.717, 1.165) is 0 Å². The molecule has 0 aliphatic carbocycles. The van der Waals surface area contributed by atoms with Gasteiger partial charge in [0.2, 0.25) is 10.0 Å². The van der Waals surface area contributed by atoms with Crippen molar-refractivity contribution in [3.8, 4) is 0 Å². The summed E-state index contributed by atoms with van der Waals surface area (Å²) in [6, 6.07) is 6.87. The number of benzene rings is 1. The van der Waals surface area contributed by atoms with E-state index in [-0.39, 0.29) is 27.6 Å². The first-order chi connectivity index (χ1) is 15.1. The number of hydrogen-bond donors (Lipinski definition) is 1. The Labute approximate surface area is 188 Å². The number of pyridine rings is 1. The van der Waals surface area contributed by atoms with Gasteiger partial charge in [-0.15, -0.1) is 0 Å². The van der Waals surface area contributed by atoms with Gasteiger partial charge in [-0.2, -0.15) is 4.31 Å². The summed E-state index contributed by atoms with van der Waals surface area (Å²) in [7, 11) is -2.13. The molecule has 32 heavy (non-hydrogen) atoms. The molecule has 0 atom stereocenters. The average molecular weight is 463 g/mol. The predicted molar refractivity (Wildman–Crippen MR) is 123 cm³/mol. The van der Waals surface area contributed by atoms with Gasteiger partial charge < -0.3 is 14.8 Å². The minimum absolute atomic E-state index is 0.0321. The van der Waals surface area contributed by atoms with Crippen LogP contribution in [0.2, 0.25) is 0 Å². The summed E-state index contributed by atoms with van der Waals surface area (Å²) >= 11 is 0. The number of rotatable bonds is 9. The Morgan fingerprint density at radius 2 is 1.50 bits per heavy atom. The van der Waals surface area contributed by atoms with Gasteiger partial charge in [0.05, 0.1) is 10.5 Å². The molecule has 0 unspecified atom stereocenters. The minimum Gasteiger partial charge on any atom is -0.339 e. The molecule has 1 aromatic heterocycles. The zero-order valence-corrected chi connectivity index (χ0v) is 19.9. The van der Waals surface area contributed by atoms with Crippen molar-refractivity contribution in [3.63, 3.8) is 0 Å². The molecule has 0 fully saturated rings. The van der Waals surface area contributed by atoms with E-state index in [1.54, 1.807) is 18.7 Å². The van der Waals surface area contributed by atoms with Crippen molar-refractivity contribution >= 4 is 27.5 Å². The van der Waals surface area contributed by atoms with Gasteiger partial charge in [-0.25, -0.2) is 8.42 Å². The maximum absolute atomic E-state index is 12.7. The molecule has 1 aromatic carbocycles. The maximum Gasteiger partial charge on any atom is 0.274 e. The summed E-state index contributed by atoms with van der Waals surface area (Å²) in [6.45, 7) is 8.93. The number of carbonyl (C=O) groups excluding carboxylic acids is 2. The molecule has 174 valence electrons. The number of aryl methyl sites for hydroxylation is 1. The first kappa shape index (κ1) is 25.3. The zero-order chi connectivity index (χ0) is 24.1. The third-order valence-corrected chi connectivity index (χ3v) is 7.25. The summed E-state index contributed by atoms with van der Waals surface area (Å²) < 4.78 is 27.8. The monoisotopic (exact) mass is 462 g/mol. The molecule has 2 amide bonds. The van der Waals surface area contributed by atoms with Crippen LogP contribution in [0.1, 0.15) is 48.4 Å². The lowest BCUT2D eigenvalue weighted by molar-refractivity contribution is 0.0771. The van der Waals surface area contributed by atoms with Crippen molar-refractivity contribution < 1.29 is 18.0 Å². The summed E-state index contributed by atoms with van der Waals surface area (Å²) in [5.41, 5.74) is -0.0247. The number of carbonyl (C=O) groups is 2. The van der Waals surface area contributed by atoms with Crippen LogP contribution in [0.5, 0.6) is 0 Å².